The van der Waals surface area contributed by atoms with E-state index >= 15 is 0 Å². The van der Waals surface area contributed by atoms with Crippen molar-refractivity contribution in [2.75, 3.05) is 45.3 Å². The van der Waals surface area contributed by atoms with Gasteiger partial charge in [-0.2, -0.15) is 5.10 Å². The van der Waals surface area contributed by atoms with Crippen molar-refractivity contribution in [1.82, 2.24) is 15.0 Å². The van der Waals surface area contributed by atoms with E-state index in [1.807, 2.05) is 14.1 Å². The number of morpholine rings is 1. The van der Waals surface area contributed by atoms with Crippen molar-refractivity contribution < 1.29 is 4.74 Å². The molecule has 7 heteroatoms. The quantitative estimate of drug-likeness (QED) is 0.442. The molecule has 2 rings (SSSR count). The predicted molar refractivity (Wildman–Crippen MR) is 69.5 cm³/mol. The van der Waals surface area contributed by atoms with E-state index in [2.05, 4.69) is 20.0 Å². The van der Waals surface area contributed by atoms with Crippen molar-refractivity contribution in [1.29, 1.82) is 0 Å². The fraction of sp³-hybridized carbons (Fsp3) is 0.545. The fourth-order valence-electron chi connectivity index (χ4n) is 1.69. The maximum absolute atomic E-state index is 5.86. The van der Waals surface area contributed by atoms with Crippen LogP contribution in [0, 0.1) is 0 Å². The van der Waals surface area contributed by atoms with Crippen molar-refractivity contribution in [2.24, 2.45) is 10.8 Å². The molecule has 0 spiro atoms. The summed E-state index contributed by atoms with van der Waals surface area (Å²) in [4.78, 5) is 10.8. The van der Waals surface area contributed by atoms with Gasteiger partial charge in [-0.3, -0.25) is 4.98 Å². The first kappa shape index (κ1) is 12.6. The smallest absolute Gasteiger partial charge is 0.171 e. The van der Waals surface area contributed by atoms with Gasteiger partial charge < -0.3 is 20.4 Å². The van der Waals surface area contributed by atoms with Gasteiger partial charge in [-0.25, -0.2) is 4.98 Å². The fourth-order valence-corrected chi connectivity index (χ4v) is 1.69. The molecule has 7 nitrogen and oxygen atoms in total. The molecule has 18 heavy (non-hydrogen) atoms. The minimum Gasteiger partial charge on any atom is -0.380 e. The molecule has 1 fully saturated rings. The molecule has 0 saturated carbocycles. The average molecular weight is 250 g/mol. The van der Waals surface area contributed by atoms with Crippen LogP contribution in [0.4, 0.5) is 5.82 Å². The number of nitrogens with zero attached hydrogens (tertiary/aromatic N) is 5. The van der Waals surface area contributed by atoms with E-state index in [-0.39, 0.29) is 0 Å². The van der Waals surface area contributed by atoms with Crippen LogP contribution < -0.4 is 10.6 Å². The number of anilines is 1. The Bertz CT molecular complexity index is 427. The SMILES string of the molecule is CN(C)N=C(N)c1cncc(N2CCOCC2)n1. The highest BCUT2D eigenvalue weighted by atomic mass is 16.5. The van der Waals surface area contributed by atoms with E-state index in [1.165, 1.54) is 0 Å². The lowest BCUT2D eigenvalue weighted by Gasteiger charge is -2.27. The molecule has 1 aliphatic heterocycles. The van der Waals surface area contributed by atoms with Gasteiger partial charge in [0.15, 0.2) is 5.84 Å². The number of rotatable bonds is 3. The van der Waals surface area contributed by atoms with Gasteiger partial charge >= 0.3 is 0 Å². The van der Waals surface area contributed by atoms with Crippen LogP contribution in [0.5, 0.6) is 0 Å². The first-order valence-corrected chi connectivity index (χ1v) is 5.83. The van der Waals surface area contributed by atoms with Crippen LogP contribution in [0.25, 0.3) is 0 Å². The molecule has 0 bridgehead atoms. The van der Waals surface area contributed by atoms with Crippen molar-refractivity contribution in [3.63, 3.8) is 0 Å². The van der Waals surface area contributed by atoms with Crippen LogP contribution in [0.1, 0.15) is 5.69 Å². The Kier molecular flexibility index (Phi) is 3.93. The summed E-state index contributed by atoms with van der Waals surface area (Å²) in [5.74, 6) is 1.18. The molecule has 1 aromatic heterocycles. The number of ether oxygens (including phenoxy) is 1. The van der Waals surface area contributed by atoms with Crippen LogP contribution >= 0.6 is 0 Å². The highest BCUT2D eigenvalue weighted by Crippen LogP contribution is 2.11. The van der Waals surface area contributed by atoms with E-state index in [0.717, 1.165) is 18.9 Å². The van der Waals surface area contributed by atoms with E-state index in [9.17, 15) is 0 Å². The van der Waals surface area contributed by atoms with E-state index in [0.29, 0.717) is 24.7 Å². The molecule has 1 saturated heterocycles. The monoisotopic (exact) mass is 250 g/mol. The summed E-state index contributed by atoms with van der Waals surface area (Å²) in [6, 6.07) is 0. The van der Waals surface area contributed by atoms with Gasteiger partial charge in [0.05, 0.1) is 25.6 Å². The molecule has 98 valence electrons. The third-order valence-electron chi connectivity index (χ3n) is 2.53. The summed E-state index contributed by atoms with van der Waals surface area (Å²) in [5.41, 5.74) is 6.45. The van der Waals surface area contributed by atoms with Gasteiger partial charge in [-0.1, -0.05) is 0 Å². The van der Waals surface area contributed by atoms with Crippen molar-refractivity contribution in [3.8, 4) is 0 Å². The second-order valence-corrected chi connectivity index (χ2v) is 4.19. The van der Waals surface area contributed by atoms with Crippen molar-refractivity contribution >= 4 is 11.7 Å². The molecule has 1 aromatic rings. The highest BCUT2D eigenvalue weighted by molar-refractivity contribution is 5.95. The molecule has 0 amide bonds. The molecule has 0 radical (unpaired) electrons. The number of aromatic nitrogens is 2. The third-order valence-corrected chi connectivity index (χ3v) is 2.53. The first-order chi connectivity index (χ1) is 8.66. The maximum atomic E-state index is 5.86. The average Bonchev–Trinajstić information content (AvgIpc) is 2.39. The van der Waals surface area contributed by atoms with Gasteiger partial charge in [0.2, 0.25) is 0 Å². The molecule has 0 aliphatic carbocycles. The summed E-state index contributed by atoms with van der Waals surface area (Å²) >= 11 is 0. The minimum atomic E-state index is 0.364. The Balaban J connectivity index is 2.19. The third kappa shape index (κ3) is 3.07. The largest absolute Gasteiger partial charge is 0.380 e. The summed E-state index contributed by atoms with van der Waals surface area (Å²) in [5, 5.41) is 5.75. The normalized spacial score (nSPS) is 16.8. The van der Waals surface area contributed by atoms with Gasteiger partial charge in [0, 0.05) is 27.2 Å². The number of hydrazone groups is 1. The number of amidine groups is 1. The number of nitrogens with two attached hydrogens (primary N) is 1. The van der Waals surface area contributed by atoms with Gasteiger partial charge in [0.25, 0.3) is 0 Å². The zero-order chi connectivity index (χ0) is 13.0. The van der Waals surface area contributed by atoms with Gasteiger partial charge in [-0.05, 0) is 0 Å². The van der Waals surface area contributed by atoms with E-state index in [1.54, 1.807) is 17.4 Å². The molecular formula is C11H18N6O. The van der Waals surface area contributed by atoms with Gasteiger partial charge in [0.1, 0.15) is 11.5 Å². The summed E-state index contributed by atoms with van der Waals surface area (Å²) in [6.07, 6.45) is 3.35. The Morgan fingerprint density at radius 3 is 2.78 bits per heavy atom. The van der Waals surface area contributed by atoms with Crippen molar-refractivity contribution in [2.45, 2.75) is 0 Å². The van der Waals surface area contributed by atoms with Crippen LogP contribution in [0.3, 0.4) is 0 Å². The van der Waals surface area contributed by atoms with Crippen molar-refractivity contribution in [3.05, 3.63) is 18.1 Å². The van der Waals surface area contributed by atoms with Crippen LogP contribution in [0.2, 0.25) is 0 Å². The molecule has 2 heterocycles. The Morgan fingerprint density at radius 2 is 2.11 bits per heavy atom. The summed E-state index contributed by atoms with van der Waals surface area (Å²) < 4.78 is 5.31. The lowest BCUT2D eigenvalue weighted by molar-refractivity contribution is 0.122. The minimum absolute atomic E-state index is 0.364. The molecule has 1 aliphatic rings. The van der Waals surface area contributed by atoms with Gasteiger partial charge in [-0.15, -0.1) is 0 Å². The van der Waals surface area contributed by atoms with E-state index in [4.69, 9.17) is 10.5 Å². The molecule has 0 atom stereocenters. The Labute approximate surface area is 106 Å². The molecule has 2 N–H and O–H groups in total. The zero-order valence-corrected chi connectivity index (χ0v) is 10.7. The number of hydrogen-bond donors (Lipinski definition) is 1. The Hall–Kier alpha value is -1.89. The Morgan fingerprint density at radius 1 is 1.39 bits per heavy atom. The predicted octanol–water partition coefficient (Wildman–Crippen LogP) is -0.505. The second kappa shape index (κ2) is 5.63. The lowest BCUT2D eigenvalue weighted by Crippen LogP contribution is -2.37. The second-order valence-electron chi connectivity index (χ2n) is 4.19. The summed E-state index contributed by atoms with van der Waals surface area (Å²) in [7, 11) is 3.62. The standard InChI is InChI=1S/C11H18N6O/c1-16(2)15-11(12)9-7-13-8-10(14-9)17-3-5-18-6-4-17/h7-8H,3-6H2,1-2H3,(H2,12,15). The van der Waals surface area contributed by atoms with E-state index < -0.39 is 0 Å². The molecule has 0 unspecified atom stereocenters. The topological polar surface area (TPSA) is 79.9 Å². The number of hydrogen-bond acceptors (Lipinski definition) is 6. The lowest BCUT2D eigenvalue weighted by atomic mass is 10.4. The first-order valence-electron chi connectivity index (χ1n) is 5.83. The van der Waals surface area contributed by atoms with Crippen LogP contribution in [0.15, 0.2) is 17.5 Å². The van der Waals surface area contributed by atoms with Crippen LogP contribution in [-0.4, -0.2) is 61.2 Å². The maximum Gasteiger partial charge on any atom is 0.171 e. The molecular weight excluding hydrogens is 232 g/mol. The molecule has 0 aromatic carbocycles. The van der Waals surface area contributed by atoms with Crippen LogP contribution in [-0.2, 0) is 4.74 Å². The zero-order valence-electron chi connectivity index (χ0n) is 10.7. The summed E-state index contributed by atoms with van der Waals surface area (Å²) in [6.45, 7) is 3.08. The highest BCUT2D eigenvalue weighted by Gasteiger charge is 2.13.